The molecule has 0 atom stereocenters. The number of halogens is 1. The lowest BCUT2D eigenvalue weighted by atomic mass is 9.94. The smallest absolute Gasteiger partial charge is 0.261 e. The van der Waals surface area contributed by atoms with Gasteiger partial charge < -0.3 is 10.3 Å². The summed E-state index contributed by atoms with van der Waals surface area (Å²) in [4.78, 5) is 29.1. The molecule has 31 heavy (non-hydrogen) atoms. The van der Waals surface area contributed by atoms with Crippen LogP contribution < -0.4 is 10.9 Å². The summed E-state index contributed by atoms with van der Waals surface area (Å²) < 4.78 is 16.0. The molecule has 7 heteroatoms. The highest BCUT2D eigenvalue weighted by Crippen LogP contribution is 2.28. The van der Waals surface area contributed by atoms with Gasteiger partial charge in [-0.05, 0) is 48.6 Å². The molecule has 0 bridgehead atoms. The number of nitrogens with one attached hydrogen (secondary N) is 2. The van der Waals surface area contributed by atoms with Gasteiger partial charge in [-0.15, -0.1) is 0 Å². The van der Waals surface area contributed by atoms with Crippen LogP contribution in [0.1, 0.15) is 73.4 Å². The molecule has 0 unspecified atom stereocenters. The maximum atomic E-state index is 14.6. The summed E-state index contributed by atoms with van der Waals surface area (Å²) in [5.74, 6) is -1.17. The summed E-state index contributed by atoms with van der Waals surface area (Å²) in [5, 5.41) is 12.3. The maximum absolute atomic E-state index is 14.6. The molecule has 1 aliphatic carbocycles. The van der Waals surface area contributed by atoms with Crippen molar-refractivity contribution in [3.05, 3.63) is 63.3 Å². The summed E-state index contributed by atoms with van der Waals surface area (Å²) in [5.41, 5.74) is 1.97. The molecule has 1 aromatic carbocycles. The van der Waals surface area contributed by atoms with Crippen LogP contribution in [0.5, 0.6) is 0 Å². The van der Waals surface area contributed by atoms with Crippen LogP contribution >= 0.6 is 0 Å². The Bertz CT molecular complexity index is 1240. The van der Waals surface area contributed by atoms with Gasteiger partial charge in [0.2, 0.25) is 0 Å². The van der Waals surface area contributed by atoms with Gasteiger partial charge in [0.05, 0.1) is 16.8 Å². The fourth-order valence-corrected chi connectivity index (χ4v) is 4.37. The van der Waals surface area contributed by atoms with Gasteiger partial charge in [-0.1, -0.05) is 33.1 Å². The van der Waals surface area contributed by atoms with E-state index in [4.69, 9.17) is 0 Å². The number of fused-ring (bicyclic) bond motifs is 1. The molecule has 0 aliphatic heterocycles. The zero-order valence-electron chi connectivity index (χ0n) is 17.7. The first-order valence-corrected chi connectivity index (χ1v) is 10.7. The third-order valence-electron chi connectivity index (χ3n) is 5.99. The number of nitrogens with zero attached hydrogens (tertiary/aromatic N) is 2. The average molecular weight is 420 g/mol. The van der Waals surface area contributed by atoms with E-state index in [0.717, 1.165) is 32.1 Å². The van der Waals surface area contributed by atoms with Crippen molar-refractivity contribution in [1.82, 2.24) is 14.7 Å². The highest BCUT2D eigenvalue weighted by atomic mass is 19.1. The van der Waals surface area contributed by atoms with Crippen LogP contribution in [0.25, 0.3) is 16.9 Å². The lowest BCUT2D eigenvalue weighted by Gasteiger charge is -2.23. The molecule has 2 aromatic heterocycles. The van der Waals surface area contributed by atoms with E-state index >= 15 is 0 Å². The molecule has 0 saturated heterocycles. The Balaban J connectivity index is 1.81. The number of amides is 1. The minimum atomic E-state index is -0.605. The molecule has 2 N–H and O–H groups in total. The minimum Gasteiger partial charge on any atom is -0.349 e. The first-order valence-electron chi connectivity index (χ1n) is 10.7. The Kier molecular flexibility index (Phi) is 5.64. The van der Waals surface area contributed by atoms with E-state index in [2.05, 4.69) is 16.4 Å². The quantitative estimate of drug-likeness (QED) is 0.652. The van der Waals surface area contributed by atoms with E-state index in [-0.39, 0.29) is 23.1 Å². The fraction of sp³-hybridized carbons (Fsp3) is 0.375. The van der Waals surface area contributed by atoms with Gasteiger partial charge in [0.25, 0.3) is 11.5 Å². The topological polar surface area (TPSA) is 90.2 Å². The van der Waals surface area contributed by atoms with E-state index in [9.17, 15) is 19.2 Å². The van der Waals surface area contributed by atoms with E-state index < -0.39 is 11.7 Å². The van der Waals surface area contributed by atoms with Crippen molar-refractivity contribution in [2.75, 3.05) is 0 Å². The van der Waals surface area contributed by atoms with Gasteiger partial charge in [0.1, 0.15) is 17.5 Å². The Morgan fingerprint density at radius 2 is 2.00 bits per heavy atom. The first-order chi connectivity index (χ1) is 14.9. The zero-order valence-corrected chi connectivity index (χ0v) is 17.7. The molecule has 1 fully saturated rings. The van der Waals surface area contributed by atoms with Crippen LogP contribution in [-0.2, 0) is 0 Å². The number of aromatic amines is 1. The molecule has 1 amide bonds. The third kappa shape index (κ3) is 3.86. The van der Waals surface area contributed by atoms with E-state index in [1.165, 1.54) is 16.5 Å². The van der Waals surface area contributed by atoms with Gasteiger partial charge in [-0.3, -0.25) is 14.0 Å². The van der Waals surface area contributed by atoms with Gasteiger partial charge >= 0.3 is 0 Å². The predicted molar refractivity (Wildman–Crippen MR) is 117 cm³/mol. The number of carbonyl (C=O) groups is 1. The second-order valence-electron chi connectivity index (χ2n) is 8.44. The molecular formula is C24H25FN4O2. The molecule has 0 spiro atoms. The summed E-state index contributed by atoms with van der Waals surface area (Å²) in [6, 6.07) is 8.00. The van der Waals surface area contributed by atoms with Crippen molar-refractivity contribution >= 4 is 11.6 Å². The molecule has 6 nitrogen and oxygen atoms in total. The van der Waals surface area contributed by atoms with E-state index in [1.54, 1.807) is 18.3 Å². The van der Waals surface area contributed by atoms with Crippen molar-refractivity contribution in [3.63, 3.8) is 0 Å². The predicted octanol–water partition coefficient (Wildman–Crippen LogP) is 4.49. The Labute approximate surface area is 179 Å². The van der Waals surface area contributed by atoms with Crippen LogP contribution in [-0.4, -0.2) is 21.3 Å². The standard InChI is InChI=1S/C24H25FN4O2/c1-14(2)20-21(28-22-16(13-26)10-11-29(22)24(20)31)15-8-9-19(25)18(12-15)23(30)27-17-6-4-3-5-7-17/h8-12,14,17,28H,3-7H2,1-2H3,(H,27,30). The van der Waals surface area contributed by atoms with Gasteiger partial charge in [0, 0.05) is 17.8 Å². The molecule has 1 aliphatic rings. The van der Waals surface area contributed by atoms with Crippen molar-refractivity contribution in [1.29, 1.82) is 5.26 Å². The number of hydrogen-bond donors (Lipinski definition) is 2. The molecule has 3 aromatic rings. The van der Waals surface area contributed by atoms with Crippen molar-refractivity contribution < 1.29 is 9.18 Å². The monoisotopic (exact) mass is 420 g/mol. The highest BCUT2D eigenvalue weighted by molar-refractivity contribution is 5.96. The molecule has 1 saturated carbocycles. The normalized spacial score (nSPS) is 14.7. The number of benzene rings is 1. The molecule has 160 valence electrons. The SMILES string of the molecule is CC(C)c1c(-c2ccc(F)c(C(=O)NC3CCCCC3)c2)[nH]c2c(C#N)ccn2c1=O. The van der Waals surface area contributed by atoms with Crippen molar-refractivity contribution in [2.45, 2.75) is 57.9 Å². The lowest BCUT2D eigenvalue weighted by molar-refractivity contribution is 0.0923. The largest absolute Gasteiger partial charge is 0.349 e. The van der Waals surface area contributed by atoms with Crippen LogP contribution in [0.2, 0.25) is 0 Å². The highest BCUT2D eigenvalue weighted by Gasteiger charge is 2.22. The second-order valence-corrected chi connectivity index (χ2v) is 8.44. The van der Waals surface area contributed by atoms with Crippen LogP contribution in [0.3, 0.4) is 0 Å². The van der Waals surface area contributed by atoms with Crippen LogP contribution in [0, 0.1) is 17.1 Å². The van der Waals surface area contributed by atoms with Gasteiger partial charge in [-0.25, -0.2) is 4.39 Å². The lowest BCUT2D eigenvalue weighted by Crippen LogP contribution is -2.36. The molecule has 2 heterocycles. The number of nitriles is 1. The molecule has 4 rings (SSSR count). The summed E-state index contributed by atoms with van der Waals surface area (Å²) in [6.07, 6.45) is 6.65. The minimum absolute atomic E-state index is 0.0469. The van der Waals surface area contributed by atoms with Crippen LogP contribution in [0.4, 0.5) is 4.39 Å². The Morgan fingerprint density at radius 3 is 2.68 bits per heavy atom. The molecular weight excluding hydrogens is 395 g/mol. The average Bonchev–Trinajstić information content (AvgIpc) is 3.18. The van der Waals surface area contributed by atoms with E-state index in [0.29, 0.717) is 28.0 Å². The van der Waals surface area contributed by atoms with Gasteiger partial charge in [0.15, 0.2) is 0 Å². The number of H-pyrrole nitrogens is 1. The summed E-state index contributed by atoms with van der Waals surface area (Å²) in [7, 11) is 0. The number of rotatable bonds is 4. The summed E-state index contributed by atoms with van der Waals surface area (Å²) >= 11 is 0. The Morgan fingerprint density at radius 1 is 1.26 bits per heavy atom. The van der Waals surface area contributed by atoms with E-state index in [1.807, 2.05) is 13.8 Å². The van der Waals surface area contributed by atoms with Crippen LogP contribution in [0.15, 0.2) is 35.3 Å². The maximum Gasteiger partial charge on any atom is 0.261 e. The zero-order chi connectivity index (χ0) is 22.1. The first kappa shape index (κ1) is 20.9. The third-order valence-corrected chi connectivity index (χ3v) is 5.99. The Hall–Kier alpha value is -3.40. The van der Waals surface area contributed by atoms with Crippen molar-refractivity contribution in [3.8, 4) is 17.3 Å². The molecule has 0 radical (unpaired) electrons. The summed E-state index contributed by atoms with van der Waals surface area (Å²) in [6.45, 7) is 3.80. The number of carbonyl (C=O) groups excluding carboxylic acids is 1. The number of aromatic nitrogens is 2. The van der Waals surface area contributed by atoms with Gasteiger partial charge in [-0.2, -0.15) is 5.26 Å². The second kappa shape index (κ2) is 8.38. The number of hydrogen-bond acceptors (Lipinski definition) is 3. The fourth-order valence-electron chi connectivity index (χ4n) is 4.37. The van der Waals surface area contributed by atoms with Crippen molar-refractivity contribution in [2.24, 2.45) is 0 Å².